The lowest BCUT2D eigenvalue weighted by Crippen LogP contribution is -2.56. The SMILES string of the molecule is O=C(c1ccc(Cl)cc1)N1CCC2(CC1)OCCC[C@H]2O. The lowest BCUT2D eigenvalue weighted by Gasteiger charge is -2.46. The molecule has 5 heteroatoms. The summed E-state index contributed by atoms with van der Waals surface area (Å²) in [5.74, 6) is 0.0202. The van der Waals surface area contributed by atoms with Crippen molar-refractivity contribution in [2.45, 2.75) is 37.4 Å². The van der Waals surface area contributed by atoms with E-state index in [9.17, 15) is 9.90 Å². The van der Waals surface area contributed by atoms with Crippen LogP contribution in [0.1, 0.15) is 36.0 Å². The van der Waals surface area contributed by atoms with Gasteiger partial charge in [0.25, 0.3) is 5.91 Å². The minimum atomic E-state index is -0.435. The third-order valence-electron chi connectivity index (χ3n) is 4.61. The number of halogens is 1. The Balaban J connectivity index is 1.65. The van der Waals surface area contributed by atoms with Gasteiger partial charge in [-0.05, 0) is 49.9 Å². The molecule has 0 radical (unpaired) electrons. The number of hydrogen-bond acceptors (Lipinski definition) is 3. The maximum Gasteiger partial charge on any atom is 0.253 e. The molecule has 2 saturated heterocycles. The van der Waals surface area contributed by atoms with Crippen molar-refractivity contribution in [3.8, 4) is 0 Å². The molecule has 0 saturated carbocycles. The average Bonchev–Trinajstić information content (AvgIpc) is 2.51. The van der Waals surface area contributed by atoms with E-state index in [0.717, 1.165) is 12.8 Å². The van der Waals surface area contributed by atoms with Gasteiger partial charge >= 0.3 is 0 Å². The molecule has 0 aromatic heterocycles. The van der Waals surface area contributed by atoms with Gasteiger partial charge < -0.3 is 14.7 Å². The molecule has 2 heterocycles. The average molecular weight is 310 g/mol. The van der Waals surface area contributed by atoms with E-state index in [-0.39, 0.29) is 5.91 Å². The number of carbonyl (C=O) groups excluding carboxylic acids is 1. The van der Waals surface area contributed by atoms with E-state index < -0.39 is 11.7 Å². The van der Waals surface area contributed by atoms with Crippen LogP contribution in [-0.4, -0.2) is 47.3 Å². The van der Waals surface area contributed by atoms with Crippen molar-refractivity contribution in [3.05, 3.63) is 34.9 Å². The fourth-order valence-corrected chi connectivity index (χ4v) is 3.38. The molecule has 2 aliphatic rings. The van der Waals surface area contributed by atoms with Crippen molar-refractivity contribution < 1.29 is 14.6 Å². The highest BCUT2D eigenvalue weighted by Gasteiger charge is 2.44. The molecule has 0 unspecified atom stereocenters. The molecule has 1 atom stereocenters. The van der Waals surface area contributed by atoms with E-state index in [0.29, 0.717) is 43.1 Å². The number of benzene rings is 1. The summed E-state index contributed by atoms with van der Waals surface area (Å²) in [7, 11) is 0. The second-order valence-corrected chi connectivity index (χ2v) is 6.31. The largest absolute Gasteiger partial charge is 0.390 e. The molecule has 2 aliphatic heterocycles. The van der Waals surface area contributed by atoms with E-state index in [2.05, 4.69) is 0 Å². The maximum absolute atomic E-state index is 12.4. The summed E-state index contributed by atoms with van der Waals surface area (Å²) in [4.78, 5) is 14.3. The Labute approximate surface area is 129 Å². The first kappa shape index (κ1) is 14.8. The quantitative estimate of drug-likeness (QED) is 0.867. The number of hydrogen-bond donors (Lipinski definition) is 1. The van der Waals surface area contributed by atoms with Crippen LogP contribution in [-0.2, 0) is 4.74 Å². The summed E-state index contributed by atoms with van der Waals surface area (Å²) < 4.78 is 5.86. The van der Waals surface area contributed by atoms with Crippen molar-refractivity contribution in [1.82, 2.24) is 4.90 Å². The number of aliphatic hydroxyl groups is 1. The minimum Gasteiger partial charge on any atom is -0.390 e. The highest BCUT2D eigenvalue weighted by atomic mass is 35.5. The van der Waals surface area contributed by atoms with Gasteiger partial charge in [-0.15, -0.1) is 0 Å². The molecule has 0 aliphatic carbocycles. The predicted octanol–water partition coefficient (Wildman–Crippen LogP) is 2.49. The van der Waals surface area contributed by atoms with E-state index >= 15 is 0 Å². The molecule has 21 heavy (non-hydrogen) atoms. The number of rotatable bonds is 1. The number of aliphatic hydroxyl groups excluding tert-OH is 1. The summed E-state index contributed by atoms with van der Waals surface area (Å²) in [5.41, 5.74) is 0.218. The number of carbonyl (C=O) groups is 1. The van der Waals surface area contributed by atoms with Crippen molar-refractivity contribution >= 4 is 17.5 Å². The Bertz CT molecular complexity index is 509. The van der Waals surface area contributed by atoms with Gasteiger partial charge in [-0.1, -0.05) is 11.6 Å². The topological polar surface area (TPSA) is 49.8 Å². The van der Waals surface area contributed by atoms with Crippen molar-refractivity contribution in [2.24, 2.45) is 0 Å². The number of nitrogens with zero attached hydrogens (tertiary/aromatic N) is 1. The van der Waals surface area contributed by atoms with Gasteiger partial charge in [0.15, 0.2) is 0 Å². The van der Waals surface area contributed by atoms with Crippen LogP contribution in [0, 0.1) is 0 Å². The zero-order valence-corrected chi connectivity index (χ0v) is 12.7. The summed E-state index contributed by atoms with van der Waals surface area (Å²) in [6, 6.07) is 6.96. The first-order valence-electron chi connectivity index (χ1n) is 7.48. The zero-order valence-electron chi connectivity index (χ0n) is 11.9. The molecule has 3 rings (SSSR count). The van der Waals surface area contributed by atoms with Crippen molar-refractivity contribution in [2.75, 3.05) is 19.7 Å². The van der Waals surface area contributed by atoms with E-state index in [1.807, 2.05) is 4.90 Å². The number of piperidine rings is 1. The van der Waals surface area contributed by atoms with E-state index in [4.69, 9.17) is 16.3 Å². The van der Waals surface area contributed by atoms with Crippen LogP contribution in [0.5, 0.6) is 0 Å². The van der Waals surface area contributed by atoms with Crippen molar-refractivity contribution in [3.63, 3.8) is 0 Å². The van der Waals surface area contributed by atoms with Gasteiger partial charge in [0.2, 0.25) is 0 Å². The first-order valence-corrected chi connectivity index (χ1v) is 7.85. The smallest absolute Gasteiger partial charge is 0.253 e. The highest BCUT2D eigenvalue weighted by Crippen LogP contribution is 2.35. The van der Waals surface area contributed by atoms with E-state index in [1.54, 1.807) is 24.3 Å². The highest BCUT2D eigenvalue weighted by molar-refractivity contribution is 6.30. The Hall–Kier alpha value is -1.10. The Kier molecular flexibility index (Phi) is 4.20. The third kappa shape index (κ3) is 2.93. The molecule has 1 aromatic rings. The second-order valence-electron chi connectivity index (χ2n) is 5.87. The van der Waals surface area contributed by atoms with Gasteiger partial charge in [-0.2, -0.15) is 0 Å². The van der Waals surface area contributed by atoms with Gasteiger partial charge in [-0.25, -0.2) is 0 Å². The predicted molar refractivity (Wildman–Crippen MR) is 80.5 cm³/mol. The zero-order chi connectivity index (χ0) is 14.9. The Morgan fingerprint density at radius 3 is 2.57 bits per heavy atom. The number of amides is 1. The minimum absolute atomic E-state index is 0.0202. The lowest BCUT2D eigenvalue weighted by atomic mass is 9.82. The van der Waals surface area contributed by atoms with Crippen LogP contribution in [0.3, 0.4) is 0 Å². The van der Waals surface area contributed by atoms with Crippen LogP contribution in [0.25, 0.3) is 0 Å². The van der Waals surface area contributed by atoms with Gasteiger partial charge in [0.05, 0.1) is 11.7 Å². The summed E-state index contributed by atoms with van der Waals surface area (Å²) in [6.45, 7) is 1.96. The lowest BCUT2D eigenvalue weighted by molar-refractivity contribution is -0.174. The molecule has 1 amide bonds. The Morgan fingerprint density at radius 2 is 1.95 bits per heavy atom. The molecule has 4 nitrogen and oxygen atoms in total. The molecule has 0 bridgehead atoms. The van der Waals surface area contributed by atoms with Crippen LogP contribution in [0.2, 0.25) is 5.02 Å². The molecule has 1 spiro atoms. The Morgan fingerprint density at radius 1 is 1.29 bits per heavy atom. The number of ether oxygens (including phenoxy) is 1. The maximum atomic E-state index is 12.4. The van der Waals surface area contributed by atoms with Crippen LogP contribution in [0.15, 0.2) is 24.3 Å². The fraction of sp³-hybridized carbons (Fsp3) is 0.562. The van der Waals surface area contributed by atoms with Gasteiger partial charge in [0, 0.05) is 30.3 Å². The molecule has 2 fully saturated rings. The molecular weight excluding hydrogens is 290 g/mol. The normalized spacial score (nSPS) is 25.0. The second kappa shape index (κ2) is 5.95. The standard InChI is InChI=1S/C16H20ClNO3/c17-13-5-3-12(4-6-13)15(20)18-9-7-16(8-10-18)14(19)2-1-11-21-16/h3-6,14,19H,1-2,7-11H2/t14-/m1/s1. The molecule has 114 valence electrons. The molecule has 1 aromatic carbocycles. The number of likely N-dealkylation sites (tertiary alicyclic amines) is 1. The van der Waals surface area contributed by atoms with Crippen molar-refractivity contribution in [1.29, 1.82) is 0 Å². The first-order chi connectivity index (χ1) is 10.1. The summed E-state index contributed by atoms with van der Waals surface area (Å²) in [6.07, 6.45) is 2.71. The van der Waals surface area contributed by atoms with Gasteiger partial charge in [-0.3, -0.25) is 4.79 Å². The van der Waals surface area contributed by atoms with E-state index in [1.165, 1.54) is 0 Å². The van der Waals surface area contributed by atoms with Crippen LogP contribution in [0.4, 0.5) is 0 Å². The molecular formula is C16H20ClNO3. The monoisotopic (exact) mass is 309 g/mol. The fourth-order valence-electron chi connectivity index (χ4n) is 3.25. The van der Waals surface area contributed by atoms with Crippen LogP contribution < -0.4 is 0 Å². The van der Waals surface area contributed by atoms with Crippen LogP contribution >= 0.6 is 11.6 Å². The third-order valence-corrected chi connectivity index (χ3v) is 4.86. The van der Waals surface area contributed by atoms with Gasteiger partial charge in [0.1, 0.15) is 0 Å². The summed E-state index contributed by atoms with van der Waals surface area (Å²) in [5, 5.41) is 10.8. The molecule has 1 N–H and O–H groups in total. The summed E-state index contributed by atoms with van der Waals surface area (Å²) >= 11 is 5.85.